The third kappa shape index (κ3) is 5.37. The fourth-order valence-corrected chi connectivity index (χ4v) is 4.60. The standard InChI is InChI=1S/C27H27FN8O/c1-4-22-6-5-18(14-36(22)17(2)37)27-33-23(24-13-29-7-8-30-24)12-26(34-27)32-21-10-19(9-20(28)11-21)25-15-35(3)16-31-25/h4,7-13,15-16,18,22H,1,5-6,14H2,2-3H3,(H,32,33,34)/t18-,22+/m1/s1. The summed E-state index contributed by atoms with van der Waals surface area (Å²) in [6.45, 7) is 5.93. The van der Waals surface area contributed by atoms with Crippen LogP contribution in [0.4, 0.5) is 15.9 Å². The molecule has 4 aromatic rings. The molecule has 2 atom stereocenters. The molecular weight excluding hydrogens is 471 g/mol. The quantitative estimate of drug-likeness (QED) is 0.391. The van der Waals surface area contributed by atoms with Crippen LogP contribution in [0.25, 0.3) is 22.6 Å². The number of amides is 1. The van der Waals surface area contributed by atoms with E-state index in [-0.39, 0.29) is 17.9 Å². The third-order valence-electron chi connectivity index (χ3n) is 6.41. The largest absolute Gasteiger partial charge is 0.340 e. The first-order chi connectivity index (χ1) is 17.9. The fraction of sp³-hybridized carbons (Fsp3) is 0.259. The van der Waals surface area contributed by atoms with Crippen molar-refractivity contribution in [2.75, 3.05) is 11.9 Å². The van der Waals surface area contributed by atoms with Crippen molar-refractivity contribution in [1.29, 1.82) is 0 Å². The smallest absolute Gasteiger partial charge is 0.219 e. The first-order valence-electron chi connectivity index (χ1n) is 12.0. The zero-order valence-corrected chi connectivity index (χ0v) is 20.7. The molecule has 5 rings (SSSR count). The minimum Gasteiger partial charge on any atom is -0.340 e. The molecule has 0 unspecified atom stereocenters. The summed E-state index contributed by atoms with van der Waals surface area (Å²) in [6.07, 6.45) is 11.7. The van der Waals surface area contributed by atoms with E-state index >= 15 is 0 Å². The zero-order valence-electron chi connectivity index (χ0n) is 20.7. The molecule has 0 saturated carbocycles. The zero-order chi connectivity index (χ0) is 25.9. The second-order valence-corrected chi connectivity index (χ2v) is 9.11. The Bertz CT molecular complexity index is 1440. The number of piperidine rings is 1. The lowest BCUT2D eigenvalue weighted by molar-refractivity contribution is -0.131. The second kappa shape index (κ2) is 10.3. The lowest BCUT2D eigenvalue weighted by atomic mass is 9.91. The number of rotatable bonds is 6. The highest BCUT2D eigenvalue weighted by Crippen LogP contribution is 2.32. The van der Waals surface area contributed by atoms with Crippen LogP contribution >= 0.6 is 0 Å². The van der Waals surface area contributed by atoms with Gasteiger partial charge in [-0.05, 0) is 31.0 Å². The van der Waals surface area contributed by atoms with E-state index in [4.69, 9.17) is 9.97 Å². The molecular formula is C27H27FN8O. The monoisotopic (exact) mass is 498 g/mol. The Morgan fingerprint density at radius 1 is 1.11 bits per heavy atom. The van der Waals surface area contributed by atoms with Crippen molar-refractivity contribution in [3.8, 4) is 22.6 Å². The van der Waals surface area contributed by atoms with Crippen LogP contribution in [-0.4, -0.2) is 52.9 Å². The third-order valence-corrected chi connectivity index (χ3v) is 6.41. The van der Waals surface area contributed by atoms with Crippen molar-refractivity contribution >= 4 is 17.4 Å². The van der Waals surface area contributed by atoms with Crippen LogP contribution in [-0.2, 0) is 11.8 Å². The number of hydrogen-bond donors (Lipinski definition) is 1. The average molecular weight is 499 g/mol. The molecule has 1 amide bonds. The minimum atomic E-state index is -0.395. The highest BCUT2D eigenvalue weighted by molar-refractivity contribution is 5.74. The van der Waals surface area contributed by atoms with Crippen LogP contribution in [0.2, 0.25) is 0 Å². The summed E-state index contributed by atoms with van der Waals surface area (Å²) in [7, 11) is 1.86. The molecule has 188 valence electrons. The Morgan fingerprint density at radius 3 is 2.68 bits per heavy atom. The van der Waals surface area contributed by atoms with Gasteiger partial charge >= 0.3 is 0 Å². The van der Waals surface area contributed by atoms with Gasteiger partial charge in [0.25, 0.3) is 0 Å². The van der Waals surface area contributed by atoms with Crippen molar-refractivity contribution in [1.82, 2.24) is 34.4 Å². The maximum Gasteiger partial charge on any atom is 0.219 e. The normalized spacial score (nSPS) is 17.4. The van der Waals surface area contributed by atoms with Crippen molar-refractivity contribution in [2.45, 2.75) is 31.7 Å². The fourth-order valence-electron chi connectivity index (χ4n) is 4.60. The number of benzene rings is 1. The molecule has 1 aromatic carbocycles. The molecule has 3 aromatic heterocycles. The van der Waals surface area contributed by atoms with Gasteiger partial charge < -0.3 is 14.8 Å². The summed E-state index contributed by atoms with van der Waals surface area (Å²) in [6, 6.07) is 6.42. The number of halogens is 1. The number of nitrogens with zero attached hydrogens (tertiary/aromatic N) is 7. The molecule has 0 aliphatic carbocycles. The minimum absolute atomic E-state index is 0.00757. The predicted octanol–water partition coefficient (Wildman–Crippen LogP) is 4.50. The van der Waals surface area contributed by atoms with Crippen molar-refractivity contribution in [2.24, 2.45) is 7.05 Å². The van der Waals surface area contributed by atoms with Gasteiger partial charge in [-0.1, -0.05) is 6.08 Å². The highest BCUT2D eigenvalue weighted by Gasteiger charge is 2.31. The number of nitrogens with one attached hydrogen (secondary N) is 1. The summed E-state index contributed by atoms with van der Waals surface area (Å²) < 4.78 is 16.4. The van der Waals surface area contributed by atoms with Gasteiger partial charge in [-0.2, -0.15) is 0 Å². The van der Waals surface area contributed by atoms with Crippen LogP contribution in [0.1, 0.15) is 31.5 Å². The Labute approximate surface area is 214 Å². The summed E-state index contributed by atoms with van der Waals surface area (Å²) >= 11 is 0. The van der Waals surface area contributed by atoms with E-state index in [0.29, 0.717) is 46.5 Å². The van der Waals surface area contributed by atoms with Gasteiger partial charge in [-0.15, -0.1) is 6.58 Å². The van der Waals surface area contributed by atoms with Crippen LogP contribution in [0.15, 0.2) is 68.0 Å². The number of aromatic nitrogens is 6. The highest BCUT2D eigenvalue weighted by atomic mass is 19.1. The summed E-state index contributed by atoms with van der Waals surface area (Å²) in [4.78, 5) is 36.6. The lowest BCUT2D eigenvalue weighted by Gasteiger charge is -2.37. The molecule has 4 heterocycles. The van der Waals surface area contributed by atoms with Crippen molar-refractivity contribution in [3.05, 3.63) is 79.7 Å². The van der Waals surface area contributed by atoms with Gasteiger partial charge in [-0.25, -0.2) is 19.3 Å². The molecule has 1 fully saturated rings. The van der Waals surface area contributed by atoms with E-state index in [9.17, 15) is 9.18 Å². The van der Waals surface area contributed by atoms with Crippen LogP contribution in [0.5, 0.6) is 0 Å². The van der Waals surface area contributed by atoms with Crippen molar-refractivity contribution < 1.29 is 9.18 Å². The Balaban J connectivity index is 1.52. The van der Waals surface area contributed by atoms with Crippen molar-refractivity contribution in [3.63, 3.8) is 0 Å². The van der Waals surface area contributed by atoms with Gasteiger partial charge in [0.15, 0.2) is 0 Å². The molecule has 10 heteroatoms. The number of carbonyl (C=O) groups excluding carboxylic acids is 1. The van der Waals surface area contributed by atoms with E-state index in [1.165, 1.54) is 12.1 Å². The van der Waals surface area contributed by atoms with Gasteiger partial charge in [0.05, 0.1) is 23.9 Å². The summed E-state index contributed by atoms with van der Waals surface area (Å²) in [5.41, 5.74) is 3.01. The Hall–Kier alpha value is -4.47. The molecule has 1 N–H and O–H groups in total. The number of likely N-dealkylation sites (tertiary alicyclic amines) is 1. The van der Waals surface area contributed by atoms with Gasteiger partial charge in [-0.3, -0.25) is 14.8 Å². The van der Waals surface area contributed by atoms with E-state index in [1.807, 2.05) is 30.0 Å². The number of carbonyl (C=O) groups is 1. The number of aryl methyl sites for hydroxylation is 1. The first kappa shape index (κ1) is 24.2. The molecule has 1 aliphatic rings. The molecule has 0 bridgehead atoms. The van der Waals surface area contributed by atoms with Crippen LogP contribution < -0.4 is 5.32 Å². The molecule has 0 spiro atoms. The molecule has 37 heavy (non-hydrogen) atoms. The maximum absolute atomic E-state index is 14.6. The summed E-state index contributed by atoms with van der Waals surface area (Å²) in [5, 5.41) is 3.23. The maximum atomic E-state index is 14.6. The van der Waals surface area contributed by atoms with Crippen LogP contribution in [0.3, 0.4) is 0 Å². The van der Waals surface area contributed by atoms with Gasteiger partial charge in [0, 0.05) is 68.4 Å². The topological polar surface area (TPSA) is 102 Å². The molecule has 9 nitrogen and oxygen atoms in total. The van der Waals surface area contributed by atoms with Crippen LogP contribution in [0, 0.1) is 5.82 Å². The predicted molar refractivity (Wildman–Crippen MR) is 138 cm³/mol. The number of imidazole rings is 1. The first-order valence-corrected chi connectivity index (χ1v) is 12.0. The number of anilines is 2. The SMILES string of the molecule is C=C[C@H]1CC[C@@H](c2nc(Nc3cc(F)cc(-c4cn(C)cn4)c3)cc(-c3cnccn3)n2)CN1C(C)=O. The number of hydrogen-bond acceptors (Lipinski definition) is 7. The summed E-state index contributed by atoms with van der Waals surface area (Å²) in [5.74, 6) is 0.590. The Morgan fingerprint density at radius 2 is 1.97 bits per heavy atom. The van der Waals surface area contributed by atoms with Gasteiger partial charge in [0.2, 0.25) is 5.91 Å². The molecule has 1 aliphatic heterocycles. The lowest BCUT2D eigenvalue weighted by Crippen LogP contribution is -2.44. The molecule has 1 saturated heterocycles. The van der Waals surface area contributed by atoms with E-state index in [2.05, 4.69) is 26.8 Å². The molecule has 0 radical (unpaired) electrons. The van der Waals surface area contributed by atoms with Gasteiger partial charge in [0.1, 0.15) is 23.2 Å². The van der Waals surface area contributed by atoms with E-state index in [0.717, 1.165) is 12.8 Å². The van der Waals surface area contributed by atoms with E-state index in [1.54, 1.807) is 42.8 Å². The average Bonchev–Trinajstić information content (AvgIpc) is 3.34. The second-order valence-electron chi connectivity index (χ2n) is 9.11. The Kier molecular flexibility index (Phi) is 6.72. The van der Waals surface area contributed by atoms with E-state index < -0.39 is 5.82 Å².